The average molecular weight is 380 g/mol. The minimum Gasteiger partial charge on any atom is -0.484 e. The third-order valence-corrected chi connectivity index (χ3v) is 3.87. The summed E-state index contributed by atoms with van der Waals surface area (Å²) in [7, 11) is 0. The lowest BCUT2D eigenvalue weighted by Crippen LogP contribution is -2.19. The molecule has 0 aliphatic rings. The zero-order chi connectivity index (χ0) is 15.5. The highest BCUT2D eigenvalue weighted by atomic mass is 79.9. The first kappa shape index (κ1) is 16.2. The Bertz CT molecular complexity index is 591. The van der Waals surface area contributed by atoms with Crippen molar-refractivity contribution < 1.29 is 17.9 Å². The van der Waals surface area contributed by atoms with Gasteiger partial charge in [0, 0.05) is 15.9 Å². The molecule has 0 unspecified atom stereocenters. The number of hydrogen-bond acceptors (Lipinski definition) is 1. The maximum Gasteiger partial charge on any atom is 0.422 e. The summed E-state index contributed by atoms with van der Waals surface area (Å²) in [6.45, 7) is -1.29. The van der Waals surface area contributed by atoms with Crippen LogP contribution >= 0.6 is 27.5 Å². The van der Waals surface area contributed by atoms with Gasteiger partial charge in [0.2, 0.25) is 0 Å². The molecule has 0 aliphatic heterocycles. The van der Waals surface area contributed by atoms with Crippen LogP contribution in [0.15, 0.2) is 46.9 Å². The lowest BCUT2D eigenvalue weighted by molar-refractivity contribution is -0.153. The van der Waals surface area contributed by atoms with Crippen molar-refractivity contribution in [2.24, 2.45) is 0 Å². The molecule has 0 spiro atoms. The first-order chi connectivity index (χ1) is 9.85. The van der Waals surface area contributed by atoms with Crippen LogP contribution in [-0.2, 0) is 6.42 Å². The van der Waals surface area contributed by atoms with E-state index in [1.165, 1.54) is 12.1 Å². The molecule has 0 heterocycles. The van der Waals surface area contributed by atoms with Gasteiger partial charge in [-0.1, -0.05) is 45.7 Å². The van der Waals surface area contributed by atoms with Gasteiger partial charge in [0.1, 0.15) is 5.75 Å². The van der Waals surface area contributed by atoms with Crippen LogP contribution < -0.4 is 4.74 Å². The molecule has 0 bridgehead atoms. The Hall–Kier alpha value is -1.20. The molecule has 0 saturated heterocycles. The van der Waals surface area contributed by atoms with Gasteiger partial charge >= 0.3 is 6.18 Å². The highest BCUT2D eigenvalue weighted by Crippen LogP contribution is 2.28. The van der Waals surface area contributed by atoms with E-state index >= 15 is 0 Å². The molecule has 0 aliphatic carbocycles. The quantitative estimate of drug-likeness (QED) is 0.668. The van der Waals surface area contributed by atoms with Crippen LogP contribution in [0.4, 0.5) is 13.2 Å². The average Bonchev–Trinajstić information content (AvgIpc) is 2.41. The molecule has 21 heavy (non-hydrogen) atoms. The number of alkyl halides is 3. The number of hydrogen-bond donors (Lipinski definition) is 0. The van der Waals surface area contributed by atoms with E-state index in [4.69, 9.17) is 11.6 Å². The van der Waals surface area contributed by atoms with E-state index in [0.717, 1.165) is 15.6 Å². The van der Waals surface area contributed by atoms with Crippen LogP contribution in [0.5, 0.6) is 5.75 Å². The molecule has 2 aromatic carbocycles. The van der Waals surface area contributed by atoms with Crippen molar-refractivity contribution in [2.75, 3.05) is 6.61 Å². The molecule has 2 rings (SSSR count). The second-order valence-electron chi connectivity index (χ2n) is 4.42. The predicted octanol–water partition coefficient (Wildman–Crippen LogP) is 5.63. The van der Waals surface area contributed by atoms with E-state index in [1.807, 2.05) is 12.1 Å². The Morgan fingerprint density at radius 3 is 2.29 bits per heavy atom. The third-order valence-electron chi connectivity index (χ3n) is 2.77. The molecule has 0 saturated carbocycles. The summed E-state index contributed by atoms with van der Waals surface area (Å²) in [6, 6.07) is 12.0. The molecule has 0 aromatic heterocycles. The zero-order valence-corrected chi connectivity index (χ0v) is 13.1. The van der Waals surface area contributed by atoms with Crippen molar-refractivity contribution >= 4 is 27.5 Å². The van der Waals surface area contributed by atoms with E-state index in [-0.39, 0.29) is 5.75 Å². The maximum absolute atomic E-state index is 12.1. The van der Waals surface area contributed by atoms with Crippen LogP contribution in [0, 0.1) is 0 Å². The second-order valence-corrected chi connectivity index (χ2v) is 5.69. The molecule has 6 heteroatoms. The summed E-state index contributed by atoms with van der Waals surface area (Å²) >= 11 is 9.56. The Morgan fingerprint density at radius 1 is 1.05 bits per heavy atom. The van der Waals surface area contributed by atoms with Gasteiger partial charge in [-0.3, -0.25) is 0 Å². The van der Waals surface area contributed by atoms with Crippen molar-refractivity contribution in [1.82, 2.24) is 0 Å². The Kier molecular flexibility index (Phi) is 5.17. The van der Waals surface area contributed by atoms with Crippen molar-refractivity contribution in [3.8, 4) is 5.75 Å². The van der Waals surface area contributed by atoms with E-state index < -0.39 is 12.8 Å². The Balaban J connectivity index is 2.06. The normalized spacial score (nSPS) is 11.5. The van der Waals surface area contributed by atoms with Gasteiger partial charge in [0.15, 0.2) is 6.61 Å². The lowest BCUT2D eigenvalue weighted by Gasteiger charge is -2.10. The van der Waals surface area contributed by atoms with Crippen molar-refractivity contribution in [2.45, 2.75) is 12.6 Å². The minimum absolute atomic E-state index is 0.189. The lowest BCUT2D eigenvalue weighted by atomic mass is 10.0. The van der Waals surface area contributed by atoms with Crippen LogP contribution in [0.3, 0.4) is 0 Å². The van der Waals surface area contributed by atoms with Gasteiger partial charge in [-0.2, -0.15) is 13.2 Å². The fraction of sp³-hybridized carbons (Fsp3) is 0.200. The summed E-state index contributed by atoms with van der Waals surface area (Å²) in [5, 5.41) is 0.641. The van der Waals surface area contributed by atoms with Crippen molar-refractivity contribution in [3.05, 3.63) is 63.1 Å². The van der Waals surface area contributed by atoms with E-state index in [2.05, 4.69) is 20.7 Å². The van der Waals surface area contributed by atoms with Crippen LogP contribution in [0.25, 0.3) is 0 Å². The Morgan fingerprint density at radius 2 is 1.71 bits per heavy atom. The standard InChI is InChI=1S/C15H11BrClF3O/c16-13-2-1-3-14(17)12(13)8-10-4-6-11(7-5-10)21-9-15(18,19)20/h1-7H,8-9H2. The second kappa shape index (κ2) is 6.71. The summed E-state index contributed by atoms with van der Waals surface area (Å²) < 4.78 is 41.7. The fourth-order valence-electron chi connectivity index (χ4n) is 1.77. The number of halogens is 5. The van der Waals surface area contributed by atoms with E-state index in [9.17, 15) is 13.2 Å². The van der Waals surface area contributed by atoms with Crippen molar-refractivity contribution in [3.63, 3.8) is 0 Å². The molecular formula is C15H11BrClF3O. The highest BCUT2D eigenvalue weighted by molar-refractivity contribution is 9.10. The first-order valence-corrected chi connectivity index (χ1v) is 7.23. The monoisotopic (exact) mass is 378 g/mol. The summed E-state index contributed by atoms with van der Waals surface area (Å²) in [6.07, 6.45) is -3.75. The zero-order valence-electron chi connectivity index (χ0n) is 10.8. The summed E-state index contributed by atoms with van der Waals surface area (Å²) in [5.74, 6) is 0.189. The molecule has 0 amide bonds. The number of ether oxygens (including phenoxy) is 1. The van der Waals surface area contributed by atoms with Crippen LogP contribution in [0.2, 0.25) is 5.02 Å². The highest BCUT2D eigenvalue weighted by Gasteiger charge is 2.28. The predicted molar refractivity (Wildman–Crippen MR) is 80.0 cm³/mol. The summed E-state index contributed by atoms with van der Waals surface area (Å²) in [4.78, 5) is 0. The van der Waals surface area contributed by atoms with Crippen LogP contribution in [-0.4, -0.2) is 12.8 Å². The largest absolute Gasteiger partial charge is 0.484 e. The summed E-state index contributed by atoms with van der Waals surface area (Å²) in [5.41, 5.74) is 1.87. The molecule has 2 aromatic rings. The van der Waals surface area contributed by atoms with E-state index in [1.54, 1.807) is 18.2 Å². The SMILES string of the molecule is FC(F)(F)COc1ccc(Cc2c(Cl)cccc2Br)cc1. The van der Waals surface area contributed by atoms with E-state index in [0.29, 0.717) is 11.4 Å². The van der Waals surface area contributed by atoms with Gasteiger partial charge in [-0.05, 0) is 35.4 Å². The molecule has 0 radical (unpaired) electrons. The van der Waals surface area contributed by atoms with Gasteiger partial charge < -0.3 is 4.74 Å². The topological polar surface area (TPSA) is 9.23 Å². The molecule has 112 valence electrons. The van der Waals surface area contributed by atoms with Gasteiger partial charge in [0.05, 0.1) is 0 Å². The molecule has 0 atom stereocenters. The first-order valence-electron chi connectivity index (χ1n) is 6.06. The Labute approximate surface area is 133 Å². The molecular weight excluding hydrogens is 369 g/mol. The van der Waals surface area contributed by atoms with Gasteiger partial charge in [0.25, 0.3) is 0 Å². The molecule has 0 fully saturated rings. The van der Waals surface area contributed by atoms with Crippen LogP contribution in [0.1, 0.15) is 11.1 Å². The minimum atomic E-state index is -4.33. The third kappa shape index (κ3) is 4.93. The van der Waals surface area contributed by atoms with Gasteiger partial charge in [-0.25, -0.2) is 0 Å². The number of rotatable bonds is 4. The number of benzene rings is 2. The molecule has 0 N–H and O–H groups in total. The van der Waals surface area contributed by atoms with Gasteiger partial charge in [-0.15, -0.1) is 0 Å². The van der Waals surface area contributed by atoms with Crippen molar-refractivity contribution in [1.29, 1.82) is 0 Å². The maximum atomic E-state index is 12.1. The fourth-order valence-corrected chi connectivity index (χ4v) is 2.64. The molecule has 1 nitrogen and oxygen atoms in total. The smallest absolute Gasteiger partial charge is 0.422 e.